The van der Waals surface area contributed by atoms with Crippen molar-refractivity contribution in [2.75, 3.05) is 0 Å². The van der Waals surface area contributed by atoms with Crippen molar-refractivity contribution >= 4 is 11.4 Å². The Bertz CT molecular complexity index is 328. The van der Waals surface area contributed by atoms with Crippen LogP contribution < -0.4 is 8.37 Å². The van der Waals surface area contributed by atoms with Crippen LogP contribution in [0.2, 0.25) is 0 Å². The maximum absolute atomic E-state index is 10.6. The van der Waals surface area contributed by atoms with Crippen molar-refractivity contribution in [3.63, 3.8) is 0 Å². The molecule has 1 aromatic rings. The van der Waals surface area contributed by atoms with E-state index in [1.165, 1.54) is 12.1 Å². The minimum atomic E-state index is -1.96. The lowest BCUT2D eigenvalue weighted by Gasteiger charge is -1.97. The van der Waals surface area contributed by atoms with E-state index in [-0.39, 0.29) is 23.0 Å². The van der Waals surface area contributed by atoms with Gasteiger partial charge in [0.2, 0.25) is 11.5 Å². The highest BCUT2D eigenvalue weighted by Gasteiger charge is 2.28. The van der Waals surface area contributed by atoms with E-state index < -0.39 is 11.4 Å². The van der Waals surface area contributed by atoms with Gasteiger partial charge in [0.15, 0.2) is 11.5 Å². The molecule has 6 heteroatoms. The number of hydrogen-bond donors (Lipinski definition) is 2. The Hall–Kier alpha value is -1.43. The summed E-state index contributed by atoms with van der Waals surface area (Å²) >= 11 is -1.96. The van der Waals surface area contributed by atoms with Gasteiger partial charge in [-0.2, -0.15) is 4.21 Å². The predicted molar refractivity (Wildman–Crippen MR) is 39.2 cm³/mol. The number of phenolic OH excluding ortho intramolecular Hbond substituents is 2. The summed E-state index contributed by atoms with van der Waals surface area (Å²) in [6.45, 7) is 0. The second kappa shape index (κ2) is 2.28. The maximum atomic E-state index is 10.6. The summed E-state index contributed by atoms with van der Waals surface area (Å²) in [5.41, 5.74) is 0. The average Bonchev–Trinajstić information content (AvgIpc) is 2.41. The van der Waals surface area contributed by atoms with Crippen molar-refractivity contribution < 1.29 is 22.8 Å². The quantitative estimate of drug-likeness (QED) is 0.578. The fourth-order valence-corrected chi connectivity index (χ4v) is 1.48. The van der Waals surface area contributed by atoms with Crippen LogP contribution in [0.1, 0.15) is 0 Å². The molecule has 2 N–H and O–H groups in total. The van der Waals surface area contributed by atoms with Crippen LogP contribution in [-0.2, 0) is 11.4 Å². The predicted octanol–water partition coefficient (Wildman–Crippen LogP) is 0.448. The van der Waals surface area contributed by atoms with Crippen LogP contribution >= 0.6 is 0 Å². The molecule has 12 heavy (non-hydrogen) atoms. The molecule has 0 saturated heterocycles. The summed E-state index contributed by atoms with van der Waals surface area (Å²) in [5.74, 6) is -0.607. The topological polar surface area (TPSA) is 76.0 Å². The van der Waals surface area contributed by atoms with E-state index >= 15 is 0 Å². The third kappa shape index (κ3) is 0.884. The van der Waals surface area contributed by atoms with E-state index in [9.17, 15) is 4.21 Å². The largest absolute Gasteiger partial charge is 0.504 e. The molecule has 1 aromatic carbocycles. The fraction of sp³-hybridized carbons (Fsp3) is 0. The van der Waals surface area contributed by atoms with Crippen molar-refractivity contribution in [3.8, 4) is 23.0 Å². The van der Waals surface area contributed by atoms with E-state index in [2.05, 4.69) is 8.37 Å². The van der Waals surface area contributed by atoms with E-state index in [1.807, 2.05) is 0 Å². The monoisotopic (exact) mass is 188 g/mol. The first-order chi connectivity index (χ1) is 5.68. The SMILES string of the molecule is O=S1Oc2c(O)ccc(O)c2O1. The van der Waals surface area contributed by atoms with Gasteiger partial charge in [0, 0.05) is 0 Å². The lowest BCUT2D eigenvalue weighted by atomic mass is 10.3. The molecular weight excluding hydrogens is 184 g/mol. The van der Waals surface area contributed by atoms with E-state index in [0.717, 1.165) is 0 Å². The lowest BCUT2D eigenvalue weighted by molar-refractivity contribution is 0.435. The van der Waals surface area contributed by atoms with Crippen molar-refractivity contribution in [1.82, 2.24) is 0 Å². The summed E-state index contributed by atoms with van der Waals surface area (Å²) in [6.07, 6.45) is 0. The molecule has 0 saturated carbocycles. The number of aromatic hydroxyl groups is 2. The van der Waals surface area contributed by atoms with Crippen molar-refractivity contribution in [3.05, 3.63) is 12.1 Å². The van der Waals surface area contributed by atoms with Crippen molar-refractivity contribution in [1.29, 1.82) is 0 Å². The first-order valence-electron chi connectivity index (χ1n) is 3.02. The minimum absolute atomic E-state index is 0.0895. The Morgan fingerprint density at radius 3 is 1.92 bits per heavy atom. The van der Waals surface area contributed by atoms with Gasteiger partial charge in [0.25, 0.3) is 0 Å². The molecule has 2 rings (SSSR count). The molecule has 1 aliphatic heterocycles. The van der Waals surface area contributed by atoms with Gasteiger partial charge in [-0.3, -0.25) is 0 Å². The third-order valence-electron chi connectivity index (χ3n) is 1.37. The molecule has 0 amide bonds. The Morgan fingerprint density at radius 1 is 1.08 bits per heavy atom. The second-order valence-electron chi connectivity index (χ2n) is 2.13. The Labute approximate surface area is 70.0 Å². The average molecular weight is 188 g/mol. The highest BCUT2D eigenvalue weighted by atomic mass is 32.2. The van der Waals surface area contributed by atoms with Gasteiger partial charge in [-0.25, -0.2) is 0 Å². The van der Waals surface area contributed by atoms with Gasteiger partial charge in [-0.1, -0.05) is 0 Å². The molecule has 0 unspecified atom stereocenters. The van der Waals surface area contributed by atoms with E-state index in [1.54, 1.807) is 0 Å². The number of fused-ring (bicyclic) bond motifs is 1. The minimum Gasteiger partial charge on any atom is -0.504 e. The standard InChI is InChI=1S/C6H4O5S/c7-3-1-2-4(8)6-5(3)10-12(9)11-6/h1-2,7-8H. The molecule has 0 aromatic heterocycles. The normalized spacial score (nSPS) is 15.0. The third-order valence-corrected chi connectivity index (χ3v) is 1.98. The number of benzene rings is 1. The van der Waals surface area contributed by atoms with Gasteiger partial charge in [-0.05, 0) is 12.1 Å². The van der Waals surface area contributed by atoms with Crippen LogP contribution in [-0.4, -0.2) is 14.4 Å². The summed E-state index contributed by atoms with van der Waals surface area (Å²) in [6, 6.07) is 2.44. The highest BCUT2D eigenvalue weighted by Crippen LogP contribution is 2.47. The smallest absolute Gasteiger partial charge is 0.418 e. The zero-order valence-electron chi connectivity index (χ0n) is 5.68. The van der Waals surface area contributed by atoms with Crippen molar-refractivity contribution in [2.24, 2.45) is 0 Å². The van der Waals surface area contributed by atoms with Crippen LogP contribution in [0.15, 0.2) is 12.1 Å². The Balaban J connectivity index is 2.64. The first-order valence-corrected chi connectivity index (χ1v) is 4.02. The number of hydrogen-bond acceptors (Lipinski definition) is 5. The number of phenols is 2. The van der Waals surface area contributed by atoms with Crippen LogP contribution in [0.5, 0.6) is 23.0 Å². The molecule has 0 bridgehead atoms. The molecule has 0 radical (unpaired) electrons. The van der Waals surface area contributed by atoms with Gasteiger partial charge < -0.3 is 18.6 Å². The highest BCUT2D eigenvalue weighted by molar-refractivity contribution is 7.76. The Morgan fingerprint density at radius 2 is 1.50 bits per heavy atom. The number of rotatable bonds is 0. The van der Waals surface area contributed by atoms with Crippen molar-refractivity contribution in [2.45, 2.75) is 0 Å². The maximum Gasteiger partial charge on any atom is 0.418 e. The molecule has 0 aliphatic carbocycles. The zero-order chi connectivity index (χ0) is 8.72. The molecular formula is C6H4O5S. The molecule has 1 heterocycles. The summed E-state index contributed by atoms with van der Waals surface area (Å²) in [4.78, 5) is 0. The molecule has 5 nitrogen and oxygen atoms in total. The fourth-order valence-electron chi connectivity index (χ4n) is 0.856. The van der Waals surface area contributed by atoms with Crippen LogP contribution in [0, 0.1) is 0 Å². The van der Waals surface area contributed by atoms with Gasteiger partial charge in [0.1, 0.15) is 0 Å². The molecule has 1 aliphatic rings. The molecule has 64 valence electrons. The summed E-state index contributed by atoms with van der Waals surface area (Å²) < 4.78 is 19.8. The molecule has 0 atom stereocenters. The van der Waals surface area contributed by atoms with Gasteiger partial charge >= 0.3 is 11.4 Å². The molecule has 0 fully saturated rings. The summed E-state index contributed by atoms with van der Waals surface area (Å²) in [7, 11) is 0. The summed E-state index contributed by atoms with van der Waals surface area (Å²) in [5, 5.41) is 18.2. The van der Waals surface area contributed by atoms with E-state index in [4.69, 9.17) is 10.2 Å². The van der Waals surface area contributed by atoms with Gasteiger partial charge in [-0.15, -0.1) is 0 Å². The molecule has 0 spiro atoms. The lowest BCUT2D eigenvalue weighted by Crippen LogP contribution is -1.97. The first kappa shape index (κ1) is 7.23. The Kier molecular flexibility index (Phi) is 1.37. The van der Waals surface area contributed by atoms with Crippen LogP contribution in [0.3, 0.4) is 0 Å². The van der Waals surface area contributed by atoms with Crippen LogP contribution in [0.4, 0.5) is 0 Å². The van der Waals surface area contributed by atoms with Gasteiger partial charge in [0.05, 0.1) is 0 Å². The zero-order valence-corrected chi connectivity index (χ0v) is 6.50. The second-order valence-corrected chi connectivity index (χ2v) is 2.87. The van der Waals surface area contributed by atoms with E-state index in [0.29, 0.717) is 0 Å². The van der Waals surface area contributed by atoms with Crippen LogP contribution in [0.25, 0.3) is 0 Å².